The van der Waals surface area contributed by atoms with Crippen molar-refractivity contribution in [3.05, 3.63) is 72.3 Å². The van der Waals surface area contributed by atoms with Crippen LogP contribution in [0.4, 0.5) is 5.69 Å². The molecule has 0 bridgehead atoms. The number of amides is 1. The van der Waals surface area contributed by atoms with Gasteiger partial charge >= 0.3 is 5.97 Å². The monoisotopic (exact) mass is 495 g/mol. The smallest absolute Gasteiger partial charge is 0.308 e. The van der Waals surface area contributed by atoms with E-state index in [0.29, 0.717) is 30.6 Å². The summed E-state index contributed by atoms with van der Waals surface area (Å²) in [7, 11) is -4.06. The van der Waals surface area contributed by atoms with Gasteiger partial charge in [0, 0.05) is 18.3 Å². The number of nitrogens with one attached hydrogen (secondary N) is 1. The number of piperidine rings is 1. The van der Waals surface area contributed by atoms with Crippen LogP contribution in [-0.4, -0.2) is 48.9 Å². The number of rotatable bonds is 7. The maximum Gasteiger partial charge on any atom is 0.308 e. The fraction of sp³-hybridized carbons (Fsp3) is 0.308. The number of fused-ring (bicyclic) bond motifs is 1. The van der Waals surface area contributed by atoms with Gasteiger partial charge in [0.15, 0.2) is 0 Å². The number of nitrogen functional groups attached to an aromatic ring is 1. The van der Waals surface area contributed by atoms with Crippen molar-refractivity contribution >= 4 is 38.4 Å². The largest absolute Gasteiger partial charge is 0.481 e. The maximum absolute atomic E-state index is 13.7. The molecule has 35 heavy (non-hydrogen) atoms. The Morgan fingerprint density at radius 3 is 2.54 bits per heavy atom. The van der Waals surface area contributed by atoms with E-state index in [1.54, 1.807) is 43.3 Å². The lowest BCUT2D eigenvalue weighted by Gasteiger charge is -2.39. The van der Waals surface area contributed by atoms with Gasteiger partial charge in [-0.1, -0.05) is 42.5 Å². The van der Waals surface area contributed by atoms with E-state index in [1.165, 1.54) is 11.0 Å². The average Bonchev–Trinajstić information content (AvgIpc) is 2.83. The standard InChI is InChI=1S/C26H29N3O5S/c1-17-23(26(31)32)10-5-13-29(17)25(30)24(15-18-6-4-9-21(27)14-18)28-35(33,34)22-12-11-19-7-2-3-8-20(19)16-22/h2-4,6-9,11-12,14,16-17,23-24,28H,5,10,13,15,27H2,1H3,(H,31,32)/t17?,23?,24-/m0/s1. The predicted octanol–water partition coefficient (Wildman–Crippen LogP) is 3.02. The second kappa shape index (κ2) is 10.1. The molecule has 184 valence electrons. The van der Waals surface area contributed by atoms with Gasteiger partial charge in [-0.2, -0.15) is 4.72 Å². The molecule has 1 saturated heterocycles. The number of hydrogen-bond donors (Lipinski definition) is 3. The van der Waals surface area contributed by atoms with Gasteiger partial charge in [0.05, 0.1) is 10.8 Å². The third kappa shape index (κ3) is 5.47. The molecule has 1 fully saturated rings. The number of aliphatic carboxylic acids is 1. The Bertz CT molecular complexity index is 1360. The highest BCUT2D eigenvalue weighted by molar-refractivity contribution is 7.89. The fourth-order valence-corrected chi connectivity index (χ4v) is 5.93. The van der Waals surface area contributed by atoms with Crippen LogP contribution in [0.1, 0.15) is 25.3 Å². The van der Waals surface area contributed by atoms with E-state index < -0.39 is 39.9 Å². The first kappa shape index (κ1) is 24.7. The zero-order valence-electron chi connectivity index (χ0n) is 19.4. The topological polar surface area (TPSA) is 130 Å². The van der Waals surface area contributed by atoms with E-state index in [1.807, 2.05) is 24.3 Å². The van der Waals surface area contributed by atoms with Crippen molar-refractivity contribution < 1.29 is 23.1 Å². The molecule has 3 aromatic rings. The highest BCUT2D eigenvalue weighted by Crippen LogP contribution is 2.26. The van der Waals surface area contributed by atoms with Crippen molar-refractivity contribution in [3.63, 3.8) is 0 Å². The summed E-state index contributed by atoms with van der Waals surface area (Å²) in [5, 5.41) is 11.2. The summed E-state index contributed by atoms with van der Waals surface area (Å²) in [6, 6.07) is 17.5. The van der Waals surface area contributed by atoms with Crippen LogP contribution in [0.2, 0.25) is 0 Å². The Hall–Kier alpha value is -3.43. The minimum atomic E-state index is -4.06. The molecule has 1 amide bonds. The minimum Gasteiger partial charge on any atom is -0.481 e. The number of nitrogens with zero attached hydrogens (tertiary/aromatic N) is 1. The summed E-state index contributed by atoms with van der Waals surface area (Å²) in [6.45, 7) is 2.07. The second-order valence-electron chi connectivity index (χ2n) is 8.99. The normalized spacial score (nSPS) is 19.4. The van der Waals surface area contributed by atoms with Crippen LogP contribution in [0, 0.1) is 5.92 Å². The molecule has 1 aliphatic heterocycles. The first-order chi connectivity index (χ1) is 16.7. The van der Waals surface area contributed by atoms with Gasteiger partial charge < -0.3 is 15.7 Å². The summed E-state index contributed by atoms with van der Waals surface area (Å²) in [6.07, 6.45) is 1.09. The molecular formula is C26H29N3O5S. The van der Waals surface area contributed by atoms with Crippen molar-refractivity contribution in [2.24, 2.45) is 5.92 Å². The van der Waals surface area contributed by atoms with Crippen LogP contribution in [0.15, 0.2) is 71.6 Å². The van der Waals surface area contributed by atoms with E-state index in [4.69, 9.17) is 5.73 Å². The number of benzene rings is 3. The van der Waals surface area contributed by atoms with Gasteiger partial charge in [-0.05, 0) is 66.8 Å². The number of nitrogens with two attached hydrogens (primary N) is 1. The lowest BCUT2D eigenvalue weighted by Crippen LogP contribution is -2.56. The Balaban J connectivity index is 1.66. The molecule has 9 heteroatoms. The van der Waals surface area contributed by atoms with Crippen molar-refractivity contribution in [1.29, 1.82) is 0 Å². The molecule has 3 aromatic carbocycles. The first-order valence-corrected chi connectivity index (χ1v) is 13.0. The Labute approximate surface area is 204 Å². The lowest BCUT2D eigenvalue weighted by molar-refractivity contribution is -0.149. The summed E-state index contributed by atoms with van der Waals surface area (Å²) in [4.78, 5) is 26.9. The number of carbonyl (C=O) groups excluding carboxylic acids is 1. The molecule has 0 aromatic heterocycles. The van der Waals surface area contributed by atoms with Gasteiger partial charge in [0.25, 0.3) is 0 Å². The number of hydrogen-bond acceptors (Lipinski definition) is 5. The van der Waals surface area contributed by atoms with E-state index in [0.717, 1.165) is 10.8 Å². The van der Waals surface area contributed by atoms with Crippen molar-refractivity contribution in [3.8, 4) is 0 Å². The third-order valence-corrected chi connectivity index (χ3v) is 8.08. The van der Waals surface area contributed by atoms with Crippen LogP contribution < -0.4 is 10.5 Å². The molecule has 0 aliphatic carbocycles. The molecule has 3 atom stereocenters. The molecule has 1 aliphatic rings. The molecule has 4 rings (SSSR count). The maximum atomic E-state index is 13.7. The third-order valence-electron chi connectivity index (χ3n) is 6.61. The summed E-state index contributed by atoms with van der Waals surface area (Å²) in [5.74, 6) is -2.10. The molecular weight excluding hydrogens is 466 g/mol. The summed E-state index contributed by atoms with van der Waals surface area (Å²) in [5.41, 5.74) is 7.10. The molecule has 0 radical (unpaired) electrons. The van der Waals surface area contributed by atoms with Crippen LogP contribution >= 0.6 is 0 Å². The first-order valence-electron chi connectivity index (χ1n) is 11.5. The summed E-state index contributed by atoms with van der Waals surface area (Å²) >= 11 is 0. The highest BCUT2D eigenvalue weighted by Gasteiger charge is 2.39. The molecule has 1 heterocycles. The van der Waals surface area contributed by atoms with Crippen molar-refractivity contribution in [2.75, 3.05) is 12.3 Å². The minimum absolute atomic E-state index is 0.0525. The van der Waals surface area contributed by atoms with Crippen LogP contribution in [0.25, 0.3) is 10.8 Å². The van der Waals surface area contributed by atoms with Gasteiger partial charge in [-0.3, -0.25) is 9.59 Å². The van der Waals surface area contributed by atoms with E-state index in [9.17, 15) is 23.1 Å². The fourth-order valence-electron chi connectivity index (χ4n) is 4.71. The number of likely N-dealkylation sites (tertiary alicyclic amines) is 1. The molecule has 0 spiro atoms. The number of sulfonamides is 1. The zero-order chi connectivity index (χ0) is 25.2. The van der Waals surface area contributed by atoms with E-state index in [-0.39, 0.29) is 11.3 Å². The SMILES string of the molecule is CC1C(C(=O)O)CCCN1C(=O)[C@H](Cc1cccc(N)c1)NS(=O)(=O)c1ccc2ccccc2c1. The highest BCUT2D eigenvalue weighted by atomic mass is 32.2. The summed E-state index contributed by atoms with van der Waals surface area (Å²) < 4.78 is 29.4. The van der Waals surface area contributed by atoms with Crippen LogP contribution in [-0.2, 0) is 26.0 Å². The average molecular weight is 496 g/mol. The van der Waals surface area contributed by atoms with Gasteiger partial charge in [-0.25, -0.2) is 8.42 Å². The van der Waals surface area contributed by atoms with Gasteiger partial charge in [-0.15, -0.1) is 0 Å². The number of carbonyl (C=O) groups is 2. The Morgan fingerprint density at radius 2 is 1.83 bits per heavy atom. The second-order valence-corrected chi connectivity index (χ2v) is 10.7. The predicted molar refractivity (Wildman–Crippen MR) is 134 cm³/mol. The molecule has 2 unspecified atom stereocenters. The molecule has 0 saturated carbocycles. The number of anilines is 1. The Morgan fingerprint density at radius 1 is 1.09 bits per heavy atom. The molecule has 4 N–H and O–H groups in total. The van der Waals surface area contributed by atoms with Crippen molar-refractivity contribution in [1.82, 2.24) is 9.62 Å². The molecule has 8 nitrogen and oxygen atoms in total. The van der Waals surface area contributed by atoms with E-state index >= 15 is 0 Å². The van der Waals surface area contributed by atoms with Gasteiger partial charge in [0.2, 0.25) is 15.9 Å². The van der Waals surface area contributed by atoms with Crippen molar-refractivity contribution in [2.45, 2.75) is 43.2 Å². The van der Waals surface area contributed by atoms with Crippen LogP contribution in [0.3, 0.4) is 0 Å². The lowest BCUT2D eigenvalue weighted by atomic mass is 9.89. The zero-order valence-corrected chi connectivity index (χ0v) is 20.2. The quantitative estimate of drug-likeness (QED) is 0.432. The van der Waals surface area contributed by atoms with E-state index in [2.05, 4.69) is 4.72 Å². The Kier molecular flexibility index (Phi) is 7.09. The number of carboxylic acids is 1. The van der Waals surface area contributed by atoms with Gasteiger partial charge in [0.1, 0.15) is 6.04 Å². The van der Waals surface area contributed by atoms with Crippen LogP contribution in [0.5, 0.6) is 0 Å². The number of carboxylic acid groups (broad SMARTS) is 1.